The zero-order chi connectivity index (χ0) is 10.1. The highest BCUT2D eigenvalue weighted by molar-refractivity contribution is 5.80. The maximum absolute atomic E-state index is 11.5. The van der Waals surface area contributed by atoms with Crippen LogP contribution in [0.1, 0.15) is 11.4 Å². The average molecular weight is 190 g/mol. The van der Waals surface area contributed by atoms with Gasteiger partial charge in [0, 0.05) is 0 Å². The summed E-state index contributed by atoms with van der Waals surface area (Å²) in [7, 11) is 0. The van der Waals surface area contributed by atoms with Crippen molar-refractivity contribution >= 4 is 10.9 Å². The quantitative estimate of drug-likeness (QED) is 0.696. The molecule has 0 saturated carbocycles. The molecule has 4 heteroatoms. The third kappa shape index (κ3) is 1.29. The second-order valence-electron chi connectivity index (χ2n) is 3.14. The van der Waals surface area contributed by atoms with E-state index < -0.39 is 0 Å². The van der Waals surface area contributed by atoms with Crippen molar-refractivity contribution in [2.24, 2.45) is 0 Å². The number of nitrogens with zero attached hydrogens (tertiary/aromatic N) is 1. The van der Waals surface area contributed by atoms with Gasteiger partial charge in [0.15, 0.2) is 0 Å². The first-order chi connectivity index (χ1) is 6.72. The van der Waals surface area contributed by atoms with Gasteiger partial charge in [-0.25, -0.2) is 4.98 Å². The second kappa shape index (κ2) is 3.23. The van der Waals surface area contributed by atoms with E-state index in [4.69, 9.17) is 5.11 Å². The molecule has 1 aromatic heterocycles. The molecule has 72 valence electrons. The molecule has 2 N–H and O–H groups in total. The fourth-order valence-corrected chi connectivity index (χ4v) is 1.43. The van der Waals surface area contributed by atoms with Crippen LogP contribution < -0.4 is 5.56 Å². The van der Waals surface area contributed by atoms with Crippen LogP contribution in [0.2, 0.25) is 0 Å². The average Bonchev–Trinajstić information content (AvgIpc) is 2.19. The summed E-state index contributed by atoms with van der Waals surface area (Å²) in [5.74, 6) is 0.303. The van der Waals surface area contributed by atoms with Crippen LogP contribution in [0.4, 0.5) is 0 Å². The van der Waals surface area contributed by atoms with Crippen molar-refractivity contribution in [3.63, 3.8) is 0 Å². The highest BCUT2D eigenvalue weighted by Crippen LogP contribution is 2.11. The Morgan fingerprint density at radius 3 is 3.00 bits per heavy atom. The van der Waals surface area contributed by atoms with Crippen molar-refractivity contribution in [1.82, 2.24) is 9.97 Å². The molecule has 0 aliphatic rings. The SMILES string of the molecule is Cc1cccc2c(=O)[nH]c(CO)nc12. The molecule has 1 aromatic carbocycles. The van der Waals surface area contributed by atoms with Gasteiger partial charge in [0.25, 0.3) is 5.56 Å². The summed E-state index contributed by atoms with van der Waals surface area (Å²) in [5, 5.41) is 9.44. The monoisotopic (exact) mass is 190 g/mol. The molecule has 0 unspecified atom stereocenters. The number of H-pyrrole nitrogens is 1. The van der Waals surface area contributed by atoms with Crippen molar-refractivity contribution in [2.75, 3.05) is 0 Å². The molecule has 0 bridgehead atoms. The number of hydrogen-bond donors (Lipinski definition) is 2. The number of aryl methyl sites for hydroxylation is 1. The van der Waals surface area contributed by atoms with Crippen LogP contribution in [0, 0.1) is 6.92 Å². The van der Waals surface area contributed by atoms with E-state index in [2.05, 4.69) is 9.97 Å². The number of para-hydroxylation sites is 1. The van der Waals surface area contributed by atoms with E-state index >= 15 is 0 Å². The van der Waals surface area contributed by atoms with Crippen molar-refractivity contribution in [2.45, 2.75) is 13.5 Å². The Morgan fingerprint density at radius 2 is 2.29 bits per heavy atom. The van der Waals surface area contributed by atoms with E-state index in [1.54, 1.807) is 6.07 Å². The Kier molecular flexibility index (Phi) is 2.05. The number of aliphatic hydroxyl groups excluding tert-OH is 1. The molecule has 0 radical (unpaired) electrons. The van der Waals surface area contributed by atoms with E-state index in [1.165, 1.54) is 0 Å². The zero-order valence-corrected chi connectivity index (χ0v) is 7.74. The van der Waals surface area contributed by atoms with E-state index in [0.29, 0.717) is 16.7 Å². The first kappa shape index (κ1) is 8.90. The number of fused-ring (bicyclic) bond motifs is 1. The summed E-state index contributed by atoms with van der Waals surface area (Å²) in [6, 6.07) is 5.42. The first-order valence-corrected chi connectivity index (χ1v) is 4.32. The lowest BCUT2D eigenvalue weighted by molar-refractivity contribution is 0.271. The van der Waals surface area contributed by atoms with E-state index in [1.807, 2.05) is 19.1 Å². The molecule has 1 heterocycles. The van der Waals surface area contributed by atoms with Crippen molar-refractivity contribution in [3.8, 4) is 0 Å². The first-order valence-electron chi connectivity index (χ1n) is 4.32. The van der Waals surface area contributed by atoms with Gasteiger partial charge in [-0.15, -0.1) is 0 Å². The molecule has 0 spiro atoms. The van der Waals surface area contributed by atoms with Gasteiger partial charge in [-0.1, -0.05) is 12.1 Å². The van der Waals surface area contributed by atoms with Crippen molar-refractivity contribution in [1.29, 1.82) is 0 Å². The molecule has 0 atom stereocenters. The van der Waals surface area contributed by atoms with Gasteiger partial charge >= 0.3 is 0 Å². The topological polar surface area (TPSA) is 66.0 Å². The van der Waals surface area contributed by atoms with Crippen LogP contribution in [-0.4, -0.2) is 15.1 Å². The predicted molar refractivity (Wildman–Crippen MR) is 53.0 cm³/mol. The van der Waals surface area contributed by atoms with Gasteiger partial charge in [0.2, 0.25) is 0 Å². The maximum Gasteiger partial charge on any atom is 0.258 e. The lowest BCUT2D eigenvalue weighted by atomic mass is 10.1. The summed E-state index contributed by atoms with van der Waals surface area (Å²) in [6.45, 7) is 1.63. The lowest BCUT2D eigenvalue weighted by Crippen LogP contribution is -2.12. The molecular formula is C10H10N2O2. The summed E-state index contributed by atoms with van der Waals surface area (Å²) in [4.78, 5) is 18.2. The second-order valence-corrected chi connectivity index (χ2v) is 3.14. The Morgan fingerprint density at radius 1 is 1.50 bits per heavy atom. The number of nitrogens with one attached hydrogen (secondary N) is 1. The van der Waals surface area contributed by atoms with Crippen LogP contribution in [0.3, 0.4) is 0 Å². The fourth-order valence-electron chi connectivity index (χ4n) is 1.43. The standard InChI is InChI=1S/C10H10N2O2/c1-6-3-2-4-7-9(6)11-8(5-13)12-10(7)14/h2-4,13H,5H2,1H3,(H,11,12,14). The van der Waals surface area contributed by atoms with E-state index in [0.717, 1.165) is 5.56 Å². The van der Waals surface area contributed by atoms with Crippen molar-refractivity contribution < 1.29 is 5.11 Å². The number of aliphatic hydroxyl groups is 1. The van der Waals surface area contributed by atoms with E-state index in [-0.39, 0.29) is 12.2 Å². The predicted octanol–water partition coefficient (Wildman–Crippen LogP) is 0.724. The number of benzene rings is 1. The van der Waals surface area contributed by atoms with Crippen LogP contribution in [0.5, 0.6) is 0 Å². The third-order valence-corrected chi connectivity index (χ3v) is 2.14. The molecule has 2 rings (SSSR count). The molecule has 0 amide bonds. The van der Waals surface area contributed by atoms with Crippen LogP contribution in [-0.2, 0) is 6.61 Å². The van der Waals surface area contributed by atoms with Crippen LogP contribution in [0.15, 0.2) is 23.0 Å². The Hall–Kier alpha value is -1.68. The Bertz CT molecular complexity index is 531. The molecule has 0 saturated heterocycles. The molecule has 4 nitrogen and oxygen atoms in total. The summed E-state index contributed by atoms with van der Waals surface area (Å²) < 4.78 is 0. The molecule has 0 aliphatic heterocycles. The van der Waals surface area contributed by atoms with Crippen LogP contribution in [0.25, 0.3) is 10.9 Å². The summed E-state index contributed by atoms with van der Waals surface area (Å²) in [6.07, 6.45) is 0. The van der Waals surface area contributed by atoms with Gasteiger partial charge in [-0.2, -0.15) is 0 Å². The van der Waals surface area contributed by atoms with Crippen LogP contribution >= 0.6 is 0 Å². The Labute approximate surface area is 80.2 Å². The number of aromatic amines is 1. The largest absolute Gasteiger partial charge is 0.388 e. The molecular weight excluding hydrogens is 180 g/mol. The Balaban J connectivity index is 2.91. The number of rotatable bonds is 1. The third-order valence-electron chi connectivity index (χ3n) is 2.14. The summed E-state index contributed by atoms with van der Waals surface area (Å²) >= 11 is 0. The van der Waals surface area contributed by atoms with Gasteiger partial charge in [-0.05, 0) is 18.6 Å². The lowest BCUT2D eigenvalue weighted by Gasteiger charge is -2.01. The normalized spacial score (nSPS) is 10.7. The minimum atomic E-state index is -0.250. The number of aromatic nitrogens is 2. The molecule has 14 heavy (non-hydrogen) atoms. The zero-order valence-electron chi connectivity index (χ0n) is 7.74. The van der Waals surface area contributed by atoms with Gasteiger partial charge in [0.1, 0.15) is 12.4 Å². The molecule has 2 aromatic rings. The highest BCUT2D eigenvalue weighted by Gasteiger charge is 2.04. The van der Waals surface area contributed by atoms with E-state index in [9.17, 15) is 4.79 Å². The van der Waals surface area contributed by atoms with Crippen molar-refractivity contribution in [3.05, 3.63) is 39.9 Å². The minimum Gasteiger partial charge on any atom is -0.388 e. The fraction of sp³-hybridized carbons (Fsp3) is 0.200. The minimum absolute atomic E-state index is 0.206. The molecule has 0 fully saturated rings. The smallest absolute Gasteiger partial charge is 0.258 e. The summed E-state index contributed by atoms with van der Waals surface area (Å²) in [5.41, 5.74) is 1.38. The van der Waals surface area contributed by atoms with Gasteiger partial charge < -0.3 is 10.1 Å². The van der Waals surface area contributed by atoms with Gasteiger partial charge in [0.05, 0.1) is 10.9 Å². The molecule has 0 aliphatic carbocycles. The number of hydrogen-bond acceptors (Lipinski definition) is 3. The maximum atomic E-state index is 11.5. The highest BCUT2D eigenvalue weighted by atomic mass is 16.3. The van der Waals surface area contributed by atoms with Gasteiger partial charge in [-0.3, -0.25) is 4.79 Å².